The Balaban J connectivity index is 2.09. The molecule has 168 valence electrons. The van der Waals surface area contributed by atoms with Gasteiger partial charge in [-0.3, -0.25) is 4.90 Å². The first-order valence-electron chi connectivity index (χ1n) is 10.0. The van der Waals surface area contributed by atoms with Crippen molar-refractivity contribution in [2.75, 3.05) is 47.0 Å². The largest absolute Gasteiger partial charge is 0.504 e. The third-order valence-corrected chi connectivity index (χ3v) is 5.00. The Morgan fingerprint density at radius 2 is 1.84 bits per heavy atom. The highest BCUT2D eigenvalue weighted by atomic mass is 16.5. The number of nitroso groups, excluding NO2 is 1. The van der Waals surface area contributed by atoms with Gasteiger partial charge in [-0.2, -0.15) is 4.91 Å². The minimum Gasteiger partial charge on any atom is -0.504 e. The van der Waals surface area contributed by atoms with Crippen molar-refractivity contribution < 1.29 is 24.4 Å². The molecule has 2 aromatic carbocycles. The molecule has 8 nitrogen and oxygen atoms in total. The van der Waals surface area contributed by atoms with E-state index in [2.05, 4.69) is 16.7 Å². The summed E-state index contributed by atoms with van der Waals surface area (Å²) in [6, 6.07) is 9.97. The zero-order chi connectivity index (χ0) is 22.8. The van der Waals surface area contributed by atoms with Crippen molar-refractivity contribution in [1.82, 2.24) is 4.90 Å². The summed E-state index contributed by atoms with van der Waals surface area (Å²) in [7, 11) is 2.99. The molecule has 2 N–H and O–H groups in total. The number of hydrogen-bond acceptors (Lipinski definition) is 8. The van der Waals surface area contributed by atoms with E-state index in [1.54, 1.807) is 37.4 Å². The summed E-state index contributed by atoms with van der Waals surface area (Å²) in [6.45, 7) is 8.77. The molecule has 0 amide bonds. The molecule has 0 saturated carbocycles. The van der Waals surface area contributed by atoms with Crippen molar-refractivity contribution >= 4 is 5.57 Å². The Labute approximate surface area is 182 Å². The van der Waals surface area contributed by atoms with E-state index >= 15 is 0 Å². The third kappa shape index (κ3) is 6.44. The Bertz CT molecular complexity index is 886. The van der Waals surface area contributed by atoms with Crippen molar-refractivity contribution in [2.24, 2.45) is 5.18 Å². The van der Waals surface area contributed by atoms with Gasteiger partial charge in [-0.1, -0.05) is 30.8 Å². The fraction of sp³-hybridized carbons (Fsp3) is 0.391. The van der Waals surface area contributed by atoms with Crippen LogP contribution in [0.3, 0.4) is 0 Å². The first-order valence-corrected chi connectivity index (χ1v) is 10.0. The summed E-state index contributed by atoms with van der Waals surface area (Å²) in [5, 5.41) is 23.4. The summed E-state index contributed by atoms with van der Waals surface area (Å²) in [5.74, 6) is 1.36. The Morgan fingerprint density at radius 1 is 1.10 bits per heavy atom. The maximum atomic E-state index is 10.7. The number of hydrogen-bond donors (Lipinski definition) is 2. The van der Waals surface area contributed by atoms with E-state index in [-0.39, 0.29) is 18.0 Å². The number of likely N-dealkylation sites (N-methyl/N-ethyl adjacent to an activating group) is 1. The number of ether oxygens (including phenoxy) is 3. The second-order valence-electron chi connectivity index (χ2n) is 6.86. The van der Waals surface area contributed by atoms with Crippen molar-refractivity contribution in [3.8, 4) is 23.0 Å². The fourth-order valence-corrected chi connectivity index (χ4v) is 3.10. The zero-order valence-corrected chi connectivity index (χ0v) is 18.2. The van der Waals surface area contributed by atoms with Crippen LogP contribution in [0.5, 0.6) is 23.0 Å². The Kier molecular flexibility index (Phi) is 9.30. The van der Waals surface area contributed by atoms with Gasteiger partial charge in [0.05, 0.1) is 20.8 Å². The molecule has 0 aliphatic heterocycles. The van der Waals surface area contributed by atoms with Crippen LogP contribution in [0.1, 0.15) is 24.2 Å². The molecule has 0 fully saturated rings. The molecule has 0 heterocycles. The van der Waals surface area contributed by atoms with Crippen molar-refractivity contribution in [2.45, 2.75) is 13.0 Å². The predicted molar refractivity (Wildman–Crippen MR) is 120 cm³/mol. The van der Waals surface area contributed by atoms with Crippen LogP contribution in [0, 0.1) is 4.91 Å². The van der Waals surface area contributed by atoms with E-state index in [9.17, 15) is 15.1 Å². The Morgan fingerprint density at radius 3 is 2.48 bits per heavy atom. The topological polar surface area (TPSA) is 101 Å². The van der Waals surface area contributed by atoms with Crippen LogP contribution in [0.2, 0.25) is 0 Å². The molecule has 8 heteroatoms. The summed E-state index contributed by atoms with van der Waals surface area (Å²) < 4.78 is 16.4. The average Bonchev–Trinajstić information content (AvgIpc) is 2.80. The lowest BCUT2D eigenvalue weighted by Crippen LogP contribution is -2.30. The average molecular weight is 431 g/mol. The van der Waals surface area contributed by atoms with Gasteiger partial charge in [0.1, 0.15) is 12.7 Å². The second-order valence-corrected chi connectivity index (χ2v) is 6.86. The van der Waals surface area contributed by atoms with Crippen LogP contribution in [0.25, 0.3) is 5.57 Å². The normalized spacial score (nSPS) is 11.8. The van der Waals surface area contributed by atoms with Gasteiger partial charge in [0, 0.05) is 13.1 Å². The first-order chi connectivity index (χ1) is 14.9. The first kappa shape index (κ1) is 24.2. The van der Waals surface area contributed by atoms with E-state index in [0.29, 0.717) is 47.9 Å². The van der Waals surface area contributed by atoms with Crippen LogP contribution in [-0.4, -0.2) is 62.1 Å². The van der Waals surface area contributed by atoms with Crippen LogP contribution >= 0.6 is 0 Å². The molecule has 0 saturated heterocycles. The molecule has 0 radical (unpaired) electrons. The number of rotatable bonds is 13. The second kappa shape index (κ2) is 11.9. The maximum Gasteiger partial charge on any atom is 0.161 e. The van der Waals surface area contributed by atoms with Gasteiger partial charge in [-0.25, -0.2) is 0 Å². The highest BCUT2D eigenvalue weighted by Crippen LogP contribution is 2.37. The van der Waals surface area contributed by atoms with Gasteiger partial charge in [-0.05, 0) is 47.5 Å². The highest BCUT2D eigenvalue weighted by Gasteiger charge is 2.17. The lowest BCUT2D eigenvalue weighted by atomic mass is 9.96. The summed E-state index contributed by atoms with van der Waals surface area (Å²) >= 11 is 0. The lowest BCUT2D eigenvalue weighted by Gasteiger charge is -2.20. The van der Waals surface area contributed by atoms with Gasteiger partial charge in [0.15, 0.2) is 23.0 Å². The van der Waals surface area contributed by atoms with Gasteiger partial charge in [0.2, 0.25) is 0 Å². The minimum atomic E-state index is -0.990. The number of phenolic OH excluding ortho intramolecular Hbond substituents is 1. The molecule has 1 atom stereocenters. The fourth-order valence-electron chi connectivity index (χ4n) is 3.10. The number of aliphatic hydroxyl groups excluding tert-OH is 1. The smallest absolute Gasteiger partial charge is 0.161 e. The molecular formula is C23H30N2O6. The molecule has 0 aromatic heterocycles. The number of phenols is 1. The van der Waals surface area contributed by atoms with Gasteiger partial charge in [-0.15, -0.1) is 0 Å². The van der Waals surface area contributed by atoms with Crippen molar-refractivity contribution in [3.63, 3.8) is 0 Å². The van der Waals surface area contributed by atoms with Gasteiger partial charge < -0.3 is 24.4 Å². The van der Waals surface area contributed by atoms with Crippen molar-refractivity contribution in [3.05, 3.63) is 59.0 Å². The Hall–Kier alpha value is -3.10. The highest BCUT2D eigenvalue weighted by molar-refractivity contribution is 5.70. The number of aliphatic hydroxyl groups is 1. The van der Waals surface area contributed by atoms with Crippen LogP contribution in [0.4, 0.5) is 0 Å². The quantitative estimate of drug-likeness (QED) is 0.468. The minimum absolute atomic E-state index is 0.00343. The molecule has 31 heavy (non-hydrogen) atoms. The molecule has 0 aliphatic rings. The van der Waals surface area contributed by atoms with E-state index in [4.69, 9.17) is 14.2 Å². The third-order valence-electron chi connectivity index (χ3n) is 5.00. The molecule has 2 aromatic rings. The number of aromatic hydroxyl groups is 1. The lowest BCUT2D eigenvalue weighted by molar-refractivity contribution is 0.214. The zero-order valence-electron chi connectivity index (χ0n) is 18.2. The van der Waals surface area contributed by atoms with E-state index < -0.39 is 6.10 Å². The molecule has 0 aliphatic carbocycles. The van der Waals surface area contributed by atoms with Crippen LogP contribution in [-0.2, 0) is 0 Å². The molecule has 2 rings (SSSR count). The molecule has 0 spiro atoms. The SMILES string of the molecule is C=C(c1ccc(OCCN(CC)CCN=O)c(OC)c1)C(O)c1ccc(O)c(OC)c1. The molecular weight excluding hydrogens is 400 g/mol. The summed E-state index contributed by atoms with van der Waals surface area (Å²) in [6.07, 6.45) is -0.990. The van der Waals surface area contributed by atoms with Crippen molar-refractivity contribution in [1.29, 1.82) is 0 Å². The van der Waals surface area contributed by atoms with Crippen LogP contribution < -0.4 is 14.2 Å². The summed E-state index contributed by atoms with van der Waals surface area (Å²) in [4.78, 5) is 12.4. The van der Waals surface area contributed by atoms with E-state index in [1.807, 2.05) is 6.92 Å². The monoisotopic (exact) mass is 430 g/mol. The number of nitrogens with zero attached hydrogens (tertiary/aromatic N) is 2. The standard InChI is InChI=1S/C23H30N2O6/c1-5-25(11-10-24-28)12-13-31-20-9-7-17(14-22(20)30-4)16(2)23(27)18-6-8-19(26)21(15-18)29-3/h6-9,14-15,23,26-27H,2,5,10-13H2,1,3-4H3. The molecule has 0 bridgehead atoms. The molecule has 1 unspecified atom stereocenters. The van der Waals surface area contributed by atoms with E-state index in [0.717, 1.165) is 6.54 Å². The predicted octanol–water partition coefficient (Wildman–Crippen LogP) is 3.62. The van der Waals surface area contributed by atoms with Gasteiger partial charge >= 0.3 is 0 Å². The van der Waals surface area contributed by atoms with E-state index in [1.165, 1.54) is 13.2 Å². The van der Waals surface area contributed by atoms with Crippen LogP contribution in [0.15, 0.2) is 48.2 Å². The summed E-state index contributed by atoms with van der Waals surface area (Å²) in [5.41, 5.74) is 1.70. The van der Waals surface area contributed by atoms with Gasteiger partial charge in [0.25, 0.3) is 0 Å². The maximum absolute atomic E-state index is 10.7. The number of methoxy groups -OCH3 is 2. The number of benzene rings is 2.